The van der Waals surface area contributed by atoms with E-state index in [0.717, 1.165) is 29.7 Å². The van der Waals surface area contributed by atoms with Gasteiger partial charge in [0.1, 0.15) is 5.82 Å². The molecule has 1 aromatic carbocycles. The molecule has 27 heavy (non-hydrogen) atoms. The molecule has 144 valence electrons. The Balaban J connectivity index is 1.40. The van der Waals surface area contributed by atoms with Gasteiger partial charge in [-0.2, -0.15) is 0 Å². The maximum Gasteiger partial charge on any atom is 0.254 e. The molecule has 0 spiro atoms. The molecule has 4 rings (SSSR count). The van der Waals surface area contributed by atoms with Crippen molar-refractivity contribution in [1.82, 2.24) is 19.4 Å². The molecule has 6 nitrogen and oxygen atoms in total. The molecule has 0 N–H and O–H groups in total. The number of rotatable bonds is 2. The van der Waals surface area contributed by atoms with Gasteiger partial charge in [0.15, 0.2) is 0 Å². The van der Waals surface area contributed by atoms with E-state index in [-0.39, 0.29) is 11.8 Å². The molecule has 2 aromatic rings. The highest BCUT2D eigenvalue weighted by molar-refractivity contribution is 5.97. The summed E-state index contributed by atoms with van der Waals surface area (Å²) in [5, 5.41) is 0. The molecule has 1 saturated heterocycles. The van der Waals surface area contributed by atoms with E-state index in [2.05, 4.69) is 4.98 Å². The fourth-order valence-corrected chi connectivity index (χ4v) is 4.37. The lowest BCUT2D eigenvalue weighted by Crippen LogP contribution is -2.52. The van der Waals surface area contributed by atoms with Crippen molar-refractivity contribution in [2.75, 3.05) is 26.2 Å². The van der Waals surface area contributed by atoms with Crippen LogP contribution in [0.4, 0.5) is 0 Å². The Hall–Kier alpha value is -2.37. The second kappa shape index (κ2) is 7.33. The predicted molar refractivity (Wildman–Crippen MR) is 105 cm³/mol. The smallest absolute Gasteiger partial charge is 0.254 e. The lowest BCUT2D eigenvalue weighted by molar-refractivity contribution is -0.138. The molecule has 2 aliphatic rings. The summed E-state index contributed by atoms with van der Waals surface area (Å²) in [6, 6.07) is 5.72. The van der Waals surface area contributed by atoms with Gasteiger partial charge in [0.25, 0.3) is 5.91 Å². The van der Waals surface area contributed by atoms with Crippen LogP contribution < -0.4 is 0 Å². The van der Waals surface area contributed by atoms with E-state index >= 15 is 0 Å². The monoisotopic (exact) mass is 368 g/mol. The first-order valence-electron chi connectivity index (χ1n) is 10.1. The van der Waals surface area contributed by atoms with Gasteiger partial charge >= 0.3 is 0 Å². The molecule has 1 aliphatic carbocycles. The van der Waals surface area contributed by atoms with Crippen LogP contribution in [0.15, 0.2) is 18.2 Å². The summed E-state index contributed by atoms with van der Waals surface area (Å²) < 4.78 is 2.03. The van der Waals surface area contributed by atoms with Crippen LogP contribution >= 0.6 is 0 Å². The van der Waals surface area contributed by atoms with Gasteiger partial charge in [0.2, 0.25) is 5.91 Å². The van der Waals surface area contributed by atoms with Gasteiger partial charge in [-0.1, -0.05) is 19.3 Å². The van der Waals surface area contributed by atoms with E-state index in [1.165, 1.54) is 19.3 Å². The number of carbonyl (C=O) groups excluding carboxylic acids is 2. The normalized spacial score (nSPS) is 18.9. The fraction of sp³-hybridized carbons (Fsp3) is 0.571. The van der Waals surface area contributed by atoms with Crippen molar-refractivity contribution in [3.8, 4) is 0 Å². The Labute approximate surface area is 160 Å². The standard InChI is InChI=1S/C21H28N4O2/c1-15-22-18-14-17(8-9-19(18)23(15)2)21(27)25-12-10-24(11-13-25)20(26)16-6-4-3-5-7-16/h8-9,14,16H,3-7,10-13H2,1-2H3. The van der Waals surface area contributed by atoms with E-state index in [1.54, 1.807) is 0 Å². The number of fused-ring (bicyclic) bond motifs is 1. The number of imidazole rings is 1. The maximum absolute atomic E-state index is 12.9. The van der Waals surface area contributed by atoms with Crippen LogP contribution in [0.5, 0.6) is 0 Å². The number of piperazine rings is 1. The first kappa shape index (κ1) is 18.0. The van der Waals surface area contributed by atoms with Crippen LogP contribution in [0.25, 0.3) is 11.0 Å². The van der Waals surface area contributed by atoms with Crippen LogP contribution in [0.2, 0.25) is 0 Å². The summed E-state index contributed by atoms with van der Waals surface area (Å²) in [5.74, 6) is 1.47. The molecule has 1 aliphatic heterocycles. The second-order valence-corrected chi connectivity index (χ2v) is 7.87. The fourth-order valence-electron chi connectivity index (χ4n) is 4.37. The Bertz CT molecular complexity index is 858. The number of aryl methyl sites for hydroxylation is 2. The molecule has 1 saturated carbocycles. The molecule has 2 fully saturated rings. The summed E-state index contributed by atoms with van der Waals surface area (Å²) >= 11 is 0. The summed E-state index contributed by atoms with van der Waals surface area (Å²) in [5.41, 5.74) is 2.56. The highest BCUT2D eigenvalue weighted by atomic mass is 16.2. The van der Waals surface area contributed by atoms with Crippen molar-refractivity contribution in [3.63, 3.8) is 0 Å². The largest absolute Gasteiger partial charge is 0.339 e. The number of benzene rings is 1. The summed E-state index contributed by atoms with van der Waals surface area (Å²) in [7, 11) is 1.98. The number of aromatic nitrogens is 2. The minimum atomic E-state index is 0.0324. The highest BCUT2D eigenvalue weighted by Gasteiger charge is 2.30. The zero-order chi connectivity index (χ0) is 19.0. The Morgan fingerprint density at radius 1 is 1.00 bits per heavy atom. The Kier molecular flexibility index (Phi) is 4.89. The number of hydrogen-bond donors (Lipinski definition) is 0. The Morgan fingerprint density at radius 2 is 1.67 bits per heavy atom. The minimum absolute atomic E-state index is 0.0324. The third-order valence-electron chi connectivity index (χ3n) is 6.18. The van der Waals surface area contributed by atoms with Gasteiger partial charge in [-0.05, 0) is 38.0 Å². The molecule has 1 aromatic heterocycles. The maximum atomic E-state index is 12.9. The van der Waals surface area contributed by atoms with Crippen LogP contribution in [0.3, 0.4) is 0 Å². The van der Waals surface area contributed by atoms with E-state index in [0.29, 0.717) is 37.6 Å². The number of nitrogens with zero attached hydrogens (tertiary/aromatic N) is 4. The van der Waals surface area contributed by atoms with Crippen molar-refractivity contribution in [2.24, 2.45) is 13.0 Å². The molecule has 0 radical (unpaired) electrons. The first-order chi connectivity index (χ1) is 13.0. The summed E-state index contributed by atoms with van der Waals surface area (Å²) in [6.45, 7) is 4.47. The molecule has 6 heteroatoms. The molecule has 2 heterocycles. The van der Waals surface area contributed by atoms with Crippen molar-refractivity contribution >= 4 is 22.8 Å². The Morgan fingerprint density at radius 3 is 2.37 bits per heavy atom. The van der Waals surface area contributed by atoms with Crippen molar-refractivity contribution < 1.29 is 9.59 Å². The van der Waals surface area contributed by atoms with Gasteiger partial charge < -0.3 is 14.4 Å². The van der Waals surface area contributed by atoms with Gasteiger partial charge in [0, 0.05) is 44.7 Å². The van der Waals surface area contributed by atoms with E-state index in [9.17, 15) is 9.59 Å². The molecule has 0 bridgehead atoms. The van der Waals surface area contributed by atoms with Crippen molar-refractivity contribution in [3.05, 3.63) is 29.6 Å². The number of carbonyl (C=O) groups is 2. The zero-order valence-corrected chi connectivity index (χ0v) is 16.3. The lowest BCUT2D eigenvalue weighted by Gasteiger charge is -2.37. The van der Waals surface area contributed by atoms with Gasteiger partial charge in [-0.25, -0.2) is 4.98 Å². The van der Waals surface area contributed by atoms with Crippen LogP contribution in [0, 0.1) is 12.8 Å². The quantitative estimate of drug-likeness (QED) is 0.819. The van der Waals surface area contributed by atoms with Gasteiger partial charge in [-0.15, -0.1) is 0 Å². The molecular formula is C21H28N4O2. The van der Waals surface area contributed by atoms with Crippen molar-refractivity contribution in [1.29, 1.82) is 0 Å². The predicted octanol–water partition coefficient (Wildman–Crippen LogP) is 2.75. The van der Waals surface area contributed by atoms with Crippen LogP contribution in [-0.2, 0) is 11.8 Å². The van der Waals surface area contributed by atoms with Crippen LogP contribution in [0.1, 0.15) is 48.3 Å². The molecule has 0 unspecified atom stereocenters. The number of amides is 2. The van der Waals surface area contributed by atoms with E-state index in [1.807, 2.05) is 46.5 Å². The molecule has 2 amide bonds. The average molecular weight is 368 g/mol. The lowest BCUT2D eigenvalue weighted by atomic mass is 9.88. The zero-order valence-electron chi connectivity index (χ0n) is 16.3. The molecule has 0 atom stereocenters. The number of hydrogen-bond acceptors (Lipinski definition) is 3. The van der Waals surface area contributed by atoms with Crippen LogP contribution in [-0.4, -0.2) is 57.3 Å². The minimum Gasteiger partial charge on any atom is -0.339 e. The summed E-state index contributed by atoms with van der Waals surface area (Å²) in [4.78, 5) is 33.9. The topological polar surface area (TPSA) is 58.4 Å². The first-order valence-corrected chi connectivity index (χ1v) is 10.1. The SMILES string of the molecule is Cc1nc2cc(C(=O)N3CCN(C(=O)C4CCCCC4)CC3)ccc2n1C. The third-order valence-corrected chi connectivity index (χ3v) is 6.18. The van der Waals surface area contributed by atoms with Crippen molar-refractivity contribution in [2.45, 2.75) is 39.0 Å². The average Bonchev–Trinajstić information content (AvgIpc) is 3.01. The second-order valence-electron chi connectivity index (χ2n) is 7.87. The van der Waals surface area contributed by atoms with E-state index < -0.39 is 0 Å². The van der Waals surface area contributed by atoms with E-state index in [4.69, 9.17) is 0 Å². The summed E-state index contributed by atoms with van der Waals surface area (Å²) in [6.07, 6.45) is 5.66. The third kappa shape index (κ3) is 3.45. The molecular weight excluding hydrogens is 340 g/mol. The van der Waals surface area contributed by atoms with Gasteiger partial charge in [0.05, 0.1) is 11.0 Å². The van der Waals surface area contributed by atoms with Gasteiger partial charge in [-0.3, -0.25) is 9.59 Å². The highest BCUT2D eigenvalue weighted by Crippen LogP contribution is 2.26.